The Morgan fingerprint density at radius 3 is 2.46 bits per heavy atom. The molecule has 2 amide bonds. The number of hydrogen-bond acceptors (Lipinski definition) is 6. The summed E-state index contributed by atoms with van der Waals surface area (Å²) < 4.78 is 95.1. The molecule has 2 aromatic carbocycles. The fourth-order valence-electron chi connectivity index (χ4n) is 6.01. The highest BCUT2D eigenvalue weighted by Gasteiger charge is 2.51. The van der Waals surface area contributed by atoms with E-state index >= 15 is 0 Å². The summed E-state index contributed by atoms with van der Waals surface area (Å²) in [6, 6.07) is 7.31. The summed E-state index contributed by atoms with van der Waals surface area (Å²) in [6.45, 7) is 0.171. The zero-order valence-corrected chi connectivity index (χ0v) is 25.3. The van der Waals surface area contributed by atoms with Crippen molar-refractivity contribution < 1.29 is 40.3 Å². The van der Waals surface area contributed by atoms with Crippen molar-refractivity contribution in [3.63, 3.8) is 0 Å². The van der Waals surface area contributed by atoms with Gasteiger partial charge in [0.25, 0.3) is 11.8 Å². The average Bonchev–Trinajstić information content (AvgIpc) is 3.71. The number of benzene rings is 2. The number of carbonyl (C=O) groups excluding carboxylic acids is 2. The third-order valence-corrected chi connectivity index (χ3v) is 8.71. The number of carbonyl (C=O) groups is 2. The molecule has 3 heterocycles. The second kappa shape index (κ2) is 12.4. The molecule has 2 fully saturated rings. The Bertz CT molecular complexity index is 1740. The van der Waals surface area contributed by atoms with Crippen molar-refractivity contribution in [3.8, 4) is 0 Å². The van der Waals surface area contributed by atoms with Crippen LogP contribution in [0.1, 0.15) is 70.4 Å². The van der Waals surface area contributed by atoms with Gasteiger partial charge in [-0.25, -0.2) is 14.4 Å². The van der Waals surface area contributed by atoms with Crippen molar-refractivity contribution in [2.24, 2.45) is 5.92 Å². The molecule has 254 valence electrons. The van der Waals surface area contributed by atoms with Gasteiger partial charge < -0.3 is 15.5 Å². The Labute approximate surface area is 270 Å². The fourth-order valence-corrected chi connectivity index (χ4v) is 6.01. The number of amides is 2. The van der Waals surface area contributed by atoms with Crippen molar-refractivity contribution >= 4 is 23.7 Å². The number of hydrogen-bond donors (Lipinski definition) is 3. The smallest absolute Gasteiger partial charge is 0.354 e. The van der Waals surface area contributed by atoms with E-state index in [2.05, 4.69) is 20.6 Å². The fraction of sp³-hybridized carbons (Fsp3) is 0.406. The van der Waals surface area contributed by atoms with E-state index in [1.54, 1.807) is 0 Å². The Morgan fingerprint density at radius 2 is 1.79 bits per heavy atom. The van der Waals surface area contributed by atoms with Crippen molar-refractivity contribution in [1.29, 1.82) is 5.41 Å². The molecule has 3 aromatic rings. The lowest BCUT2D eigenvalue weighted by Crippen LogP contribution is -2.44. The van der Waals surface area contributed by atoms with Gasteiger partial charge in [-0.15, -0.1) is 0 Å². The minimum Gasteiger partial charge on any atom is -0.354 e. The maximum atomic E-state index is 14.1. The standard InChI is InChI=1S/C32H30F7N7O2/c33-22-7-5-21(6-8-22)30(10-1-11-31(34,35)36)27(48)46(28(40)44-30)15-19-4-9-24(32(37,38)39)23(12-19)26(47)45-16-20-14-42-29(43-25(20)17-45)41-13-18-2-3-18/h4-9,12,14,18H,1-3,10-11,13,15-17H2,(H2,40,44)(H,41,42,43)/t30-/m1/s1. The van der Waals surface area contributed by atoms with Crippen molar-refractivity contribution in [1.82, 2.24) is 25.1 Å². The molecule has 1 atom stereocenters. The van der Waals surface area contributed by atoms with Gasteiger partial charge in [-0.05, 0) is 67.0 Å². The maximum absolute atomic E-state index is 14.1. The maximum Gasteiger partial charge on any atom is 0.417 e. The van der Waals surface area contributed by atoms with E-state index in [-0.39, 0.29) is 24.2 Å². The quantitative estimate of drug-likeness (QED) is 0.224. The van der Waals surface area contributed by atoms with E-state index in [1.165, 1.54) is 23.2 Å². The molecule has 48 heavy (non-hydrogen) atoms. The Hall–Kier alpha value is -4.76. The molecule has 16 heteroatoms. The largest absolute Gasteiger partial charge is 0.417 e. The Kier molecular flexibility index (Phi) is 8.54. The summed E-state index contributed by atoms with van der Waals surface area (Å²) in [7, 11) is 0. The average molecular weight is 678 g/mol. The first kappa shape index (κ1) is 33.2. The summed E-state index contributed by atoms with van der Waals surface area (Å²) in [5.41, 5.74) is -2.43. The summed E-state index contributed by atoms with van der Waals surface area (Å²) in [4.78, 5) is 38.3. The molecule has 0 bridgehead atoms. The third kappa shape index (κ3) is 6.92. The molecule has 1 saturated heterocycles. The summed E-state index contributed by atoms with van der Waals surface area (Å²) in [6.07, 6.45) is -7.77. The lowest BCUT2D eigenvalue weighted by Gasteiger charge is -2.28. The highest BCUT2D eigenvalue weighted by molar-refractivity contribution is 6.08. The SMILES string of the molecule is N=C1N[C@](CCCC(F)(F)F)(c2ccc(F)cc2)C(=O)N1Cc1ccc(C(F)(F)F)c(C(=O)N2Cc3cnc(NCC4CC4)nc3C2)c1. The van der Waals surface area contributed by atoms with E-state index in [9.17, 15) is 40.3 Å². The second-order valence-electron chi connectivity index (χ2n) is 12.3. The molecule has 0 spiro atoms. The van der Waals surface area contributed by atoms with Crippen LogP contribution in [-0.2, 0) is 36.1 Å². The van der Waals surface area contributed by atoms with Gasteiger partial charge >= 0.3 is 12.4 Å². The van der Waals surface area contributed by atoms with Crippen LogP contribution in [0.4, 0.5) is 36.7 Å². The normalized spacial score (nSPS) is 19.5. The van der Waals surface area contributed by atoms with Gasteiger partial charge in [0, 0.05) is 31.3 Å². The van der Waals surface area contributed by atoms with Crippen molar-refractivity contribution in [3.05, 3.63) is 88.0 Å². The van der Waals surface area contributed by atoms with Gasteiger partial charge in [0.05, 0.1) is 29.9 Å². The minimum absolute atomic E-state index is 0.0180. The number of aromatic nitrogens is 2. The molecule has 9 nitrogen and oxygen atoms in total. The zero-order valence-electron chi connectivity index (χ0n) is 25.3. The van der Waals surface area contributed by atoms with Crippen LogP contribution in [0, 0.1) is 17.1 Å². The lowest BCUT2D eigenvalue weighted by molar-refractivity contribution is -0.140. The molecule has 0 radical (unpaired) electrons. The van der Waals surface area contributed by atoms with Crippen LogP contribution in [0.5, 0.6) is 0 Å². The molecular weight excluding hydrogens is 647 g/mol. The molecule has 1 aromatic heterocycles. The number of fused-ring (bicyclic) bond motifs is 1. The first-order valence-corrected chi connectivity index (χ1v) is 15.2. The summed E-state index contributed by atoms with van der Waals surface area (Å²) in [5, 5.41) is 14.3. The number of halogens is 7. The van der Waals surface area contributed by atoms with Gasteiger partial charge in [0.2, 0.25) is 5.95 Å². The third-order valence-electron chi connectivity index (χ3n) is 8.71. The number of guanidine groups is 1. The van der Waals surface area contributed by atoms with Crippen LogP contribution >= 0.6 is 0 Å². The van der Waals surface area contributed by atoms with E-state index in [0.29, 0.717) is 29.7 Å². The molecule has 0 unspecified atom stereocenters. The number of nitrogens with one attached hydrogen (secondary N) is 3. The Balaban J connectivity index is 1.25. The van der Waals surface area contributed by atoms with Gasteiger partial charge in [0.1, 0.15) is 11.4 Å². The van der Waals surface area contributed by atoms with E-state index < -0.39 is 78.4 Å². The predicted molar refractivity (Wildman–Crippen MR) is 158 cm³/mol. The molecule has 2 aliphatic heterocycles. The zero-order chi connectivity index (χ0) is 34.4. The van der Waals surface area contributed by atoms with Crippen molar-refractivity contribution in [2.75, 3.05) is 11.9 Å². The van der Waals surface area contributed by atoms with Gasteiger partial charge in [-0.1, -0.05) is 18.2 Å². The number of nitrogens with zero attached hydrogens (tertiary/aromatic N) is 4. The van der Waals surface area contributed by atoms with Gasteiger partial charge in [-0.2, -0.15) is 26.3 Å². The van der Waals surface area contributed by atoms with Crippen molar-refractivity contribution in [2.45, 2.75) is 69.6 Å². The number of rotatable bonds is 10. The van der Waals surface area contributed by atoms with Crippen LogP contribution in [0.3, 0.4) is 0 Å². The van der Waals surface area contributed by atoms with E-state index in [0.717, 1.165) is 48.1 Å². The molecule has 6 rings (SSSR count). The van der Waals surface area contributed by atoms with Crippen LogP contribution in [0.15, 0.2) is 48.7 Å². The monoisotopic (exact) mass is 677 g/mol. The second-order valence-corrected chi connectivity index (χ2v) is 12.3. The highest BCUT2D eigenvalue weighted by atomic mass is 19.4. The molecular formula is C32H30F7N7O2. The number of alkyl halides is 6. The van der Waals surface area contributed by atoms with Gasteiger partial charge in [0.15, 0.2) is 5.96 Å². The molecule has 1 saturated carbocycles. The van der Waals surface area contributed by atoms with E-state index in [1.807, 2.05) is 0 Å². The number of anilines is 1. The highest BCUT2D eigenvalue weighted by Crippen LogP contribution is 2.38. The topological polar surface area (TPSA) is 114 Å². The van der Waals surface area contributed by atoms with Crippen LogP contribution < -0.4 is 10.6 Å². The Morgan fingerprint density at radius 1 is 1.06 bits per heavy atom. The molecule has 1 aliphatic carbocycles. The summed E-state index contributed by atoms with van der Waals surface area (Å²) in [5.74, 6) is -2.00. The first-order valence-electron chi connectivity index (χ1n) is 15.2. The lowest BCUT2D eigenvalue weighted by atomic mass is 9.84. The first-order chi connectivity index (χ1) is 22.6. The summed E-state index contributed by atoms with van der Waals surface area (Å²) >= 11 is 0. The minimum atomic E-state index is -4.90. The van der Waals surface area contributed by atoms with Crippen LogP contribution in [0.2, 0.25) is 0 Å². The van der Waals surface area contributed by atoms with Crippen LogP contribution in [-0.4, -0.2) is 50.3 Å². The van der Waals surface area contributed by atoms with E-state index in [4.69, 9.17) is 5.41 Å². The molecule has 3 aliphatic rings. The van der Waals surface area contributed by atoms with Crippen LogP contribution in [0.25, 0.3) is 0 Å². The molecule has 3 N–H and O–H groups in total. The van der Waals surface area contributed by atoms with Gasteiger partial charge in [-0.3, -0.25) is 19.9 Å². The predicted octanol–water partition coefficient (Wildman–Crippen LogP) is 6.11.